The van der Waals surface area contributed by atoms with Gasteiger partial charge in [0, 0.05) is 19.2 Å². The van der Waals surface area contributed by atoms with Gasteiger partial charge < -0.3 is 15.2 Å². The van der Waals surface area contributed by atoms with Crippen LogP contribution in [0.1, 0.15) is 24.5 Å². The van der Waals surface area contributed by atoms with E-state index < -0.39 is 0 Å². The molecule has 0 amide bonds. The quantitative estimate of drug-likeness (QED) is 0.773. The van der Waals surface area contributed by atoms with E-state index in [2.05, 4.69) is 24.4 Å². The average Bonchev–Trinajstić information content (AvgIpc) is 2.27. The predicted molar refractivity (Wildman–Crippen MR) is 65.7 cm³/mol. The van der Waals surface area contributed by atoms with Gasteiger partial charge in [0.15, 0.2) is 0 Å². The summed E-state index contributed by atoms with van der Waals surface area (Å²) in [5.74, 6) is 0.923. The highest BCUT2D eigenvalue weighted by Gasteiger charge is 2.02. The molecule has 0 aliphatic heterocycles. The van der Waals surface area contributed by atoms with Gasteiger partial charge in [-0.1, -0.05) is 12.1 Å². The van der Waals surface area contributed by atoms with Gasteiger partial charge in [-0.15, -0.1) is 0 Å². The Labute approximate surface area is 97.4 Å². The minimum Gasteiger partial charge on any atom is -0.496 e. The second kappa shape index (κ2) is 6.51. The molecule has 0 radical (unpaired) electrons. The van der Waals surface area contributed by atoms with Crippen molar-refractivity contribution in [2.24, 2.45) is 0 Å². The van der Waals surface area contributed by atoms with E-state index in [4.69, 9.17) is 9.84 Å². The van der Waals surface area contributed by atoms with E-state index in [0.29, 0.717) is 6.04 Å². The van der Waals surface area contributed by atoms with Crippen LogP contribution >= 0.6 is 0 Å². The van der Waals surface area contributed by atoms with Gasteiger partial charge in [0.2, 0.25) is 0 Å². The van der Waals surface area contributed by atoms with E-state index in [1.807, 2.05) is 13.0 Å². The van der Waals surface area contributed by atoms with Crippen LogP contribution in [-0.2, 0) is 6.54 Å². The number of methoxy groups -OCH3 is 1. The van der Waals surface area contributed by atoms with Crippen molar-refractivity contribution in [3.05, 3.63) is 29.3 Å². The lowest BCUT2D eigenvalue weighted by Crippen LogP contribution is -2.26. The molecule has 1 rings (SSSR count). The number of aliphatic hydroxyl groups excluding tert-OH is 1. The molecule has 0 saturated carbocycles. The number of rotatable bonds is 6. The molecular weight excluding hydrogens is 202 g/mol. The molecule has 0 aliphatic carbocycles. The molecule has 16 heavy (non-hydrogen) atoms. The van der Waals surface area contributed by atoms with Crippen molar-refractivity contribution in [2.45, 2.75) is 32.9 Å². The molecule has 0 bridgehead atoms. The second-order valence-corrected chi connectivity index (χ2v) is 4.10. The summed E-state index contributed by atoms with van der Waals surface area (Å²) in [4.78, 5) is 0. The van der Waals surface area contributed by atoms with Crippen LogP contribution in [0.4, 0.5) is 0 Å². The minimum atomic E-state index is 0.232. The summed E-state index contributed by atoms with van der Waals surface area (Å²) < 4.78 is 5.21. The van der Waals surface area contributed by atoms with Gasteiger partial charge in [-0.2, -0.15) is 0 Å². The van der Waals surface area contributed by atoms with Crippen molar-refractivity contribution in [1.29, 1.82) is 0 Å². The first kappa shape index (κ1) is 13.0. The fourth-order valence-electron chi connectivity index (χ4n) is 1.64. The third-order valence-electron chi connectivity index (χ3n) is 2.68. The maximum atomic E-state index is 8.79. The number of nitrogens with one attached hydrogen (secondary N) is 1. The van der Waals surface area contributed by atoms with Crippen molar-refractivity contribution in [3.63, 3.8) is 0 Å². The van der Waals surface area contributed by atoms with Crippen molar-refractivity contribution in [1.82, 2.24) is 5.32 Å². The molecule has 0 fully saturated rings. The SMILES string of the molecule is COc1ccc(CNC(C)CCO)cc1C. The summed E-state index contributed by atoms with van der Waals surface area (Å²) >= 11 is 0. The Morgan fingerprint density at radius 2 is 2.19 bits per heavy atom. The van der Waals surface area contributed by atoms with Crippen LogP contribution < -0.4 is 10.1 Å². The lowest BCUT2D eigenvalue weighted by atomic mass is 10.1. The Hall–Kier alpha value is -1.06. The molecule has 0 spiro atoms. The monoisotopic (exact) mass is 223 g/mol. The molecule has 0 heterocycles. The second-order valence-electron chi connectivity index (χ2n) is 4.10. The summed E-state index contributed by atoms with van der Waals surface area (Å²) in [5.41, 5.74) is 2.39. The van der Waals surface area contributed by atoms with Gasteiger partial charge in [0.05, 0.1) is 7.11 Å². The van der Waals surface area contributed by atoms with E-state index in [-0.39, 0.29) is 6.61 Å². The lowest BCUT2D eigenvalue weighted by molar-refractivity contribution is 0.268. The van der Waals surface area contributed by atoms with Crippen LogP contribution in [0, 0.1) is 6.92 Å². The number of ether oxygens (including phenoxy) is 1. The average molecular weight is 223 g/mol. The summed E-state index contributed by atoms with van der Waals surface area (Å²) in [6, 6.07) is 6.51. The third-order valence-corrected chi connectivity index (χ3v) is 2.68. The molecular formula is C13H21NO2. The Kier molecular flexibility index (Phi) is 5.29. The van der Waals surface area contributed by atoms with E-state index >= 15 is 0 Å². The van der Waals surface area contributed by atoms with Gasteiger partial charge >= 0.3 is 0 Å². The number of hydrogen-bond acceptors (Lipinski definition) is 3. The Bertz CT molecular complexity index is 326. The molecule has 1 aromatic carbocycles. The van der Waals surface area contributed by atoms with Crippen LogP contribution in [0.25, 0.3) is 0 Å². The van der Waals surface area contributed by atoms with Gasteiger partial charge in [-0.05, 0) is 37.5 Å². The fraction of sp³-hybridized carbons (Fsp3) is 0.538. The van der Waals surface area contributed by atoms with Crippen molar-refractivity contribution in [2.75, 3.05) is 13.7 Å². The zero-order valence-corrected chi connectivity index (χ0v) is 10.3. The topological polar surface area (TPSA) is 41.5 Å². The molecule has 3 heteroatoms. The standard InChI is InChI=1S/C13H21NO2/c1-10-8-12(4-5-13(10)16-3)9-14-11(2)6-7-15/h4-5,8,11,14-15H,6-7,9H2,1-3H3. The summed E-state index contributed by atoms with van der Waals surface area (Å²) in [6.45, 7) is 5.17. The minimum absolute atomic E-state index is 0.232. The summed E-state index contributed by atoms with van der Waals surface area (Å²) in [6.07, 6.45) is 0.787. The van der Waals surface area contributed by atoms with Crippen molar-refractivity contribution < 1.29 is 9.84 Å². The number of aliphatic hydroxyl groups is 1. The van der Waals surface area contributed by atoms with Crippen molar-refractivity contribution in [3.8, 4) is 5.75 Å². The van der Waals surface area contributed by atoms with E-state index in [1.165, 1.54) is 5.56 Å². The van der Waals surface area contributed by atoms with Gasteiger partial charge in [0.25, 0.3) is 0 Å². The third kappa shape index (κ3) is 3.83. The molecule has 2 N–H and O–H groups in total. The maximum absolute atomic E-state index is 8.79. The first-order chi connectivity index (χ1) is 7.67. The van der Waals surface area contributed by atoms with Crippen LogP contribution in [0.2, 0.25) is 0 Å². The van der Waals surface area contributed by atoms with Crippen LogP contribution in [0.15, 0.2) is 18.2 Å². The van der Waals surface area contributed by atoms with E-state index in [0.717, 1.165) is 24.3 Å². The van der Waals surface area contributed by atoms with Crippen molar-refractivity contribution >= 4 is 0 Å². The van der Waals surface area contributed by atoms with E-state index in [1.54, 1.807) is 7.11 Å². The molecule has 1 atom stereocenters. The molecule has 1 unspecified atom stereocenters. The largest absolute Gasteiger partial charge is 0.496 e. The molecule has 0 aliphatic rings. The first-order valence-corrected chi connectivity index (χ1v) is 5.65. The van der Waals surface area contributed by atoms with Gasteiger partial charge in [-0.25, -0.2) is 0 Å². The molecule has 90 valence electrons. The number of benzene rings is 1. The lowest BCUT2D eigenvalue weighted by Gasteiger charge is -2.13. The predicted octanol–water partition coefficient (Wildman–Crippen LogP) is 1.86. The van der Waals surface area contributed by atoms with Gasteiger partial charge in [0.1, 0.15) is 5.75 Å². The Morgan fingerprint density at radius 3 is 2.75 bits per heavy atom. The highest BCUT2D eigenvalue weighted by Crippen LogP contribution is 2.18. The maximum Gasteiger partial charge on any atom is 0.121 e. The summed E-state index contributed by atoms with van der Waals surface area (Å²) in [7, 11) is 1.68. The highest BCUT2D eigenvalue weighted by molar-refractivity contribution is 5.36. The molecule has 1 aromatic rings. The summed E-state index contributed by atoms with van der Waals surface area (Å²) in [5, 5.41) is 12.2. The molecule has 0 saturated heterocycles. The Balaban J connectivity index is 2.51. The molecule has 3 nitrogen and oxygen atoms in total. The number of hydrogen-bond donors (Lipinski definition) is 2. The zero-order chi connectivity index (χ0) is 12.0. The van der Waals surface area contributed by atoms with Crippen LogP contribution in [0.3, 0.4) is 0 Å². The Morgan fingerprint density at radius 1 is 1.44 bits per heavy atom. The number of aryl methyl sites for hydroxylation is 1. The van der Waals surface area contributed by atoms with Crippen LogP contribution in [-0.4, -0.2) is 24.9 Å². The first-order valence-electron chi connectivity index (χ1n) is 5.65. The van der Waals surface area contributed by atoms with Gasteiger partial charge in [-0.3, -0.25) is 0 Å². The molecule has 0 aromatic heterocycles. The fourth-order valence-corrected chi connectivity index (χ4v) is 1.64. The normalized spacial score (nSPS) is 12.5. The zero-order valence-electron chi connectivity index (χ0n) is 10.3. The smallest absolute Gasteiger partial charge is 0.121 e. The van der Waals surface area contributed by atoms with E-state index in [9.17, 15) is 0 Å². The van der Waals surface area contributed by atoms with Crippen LogP contribution in [0.5, 0.6) is 5.75 Å². The highest BCUT2D eigenvalue weighted by atomic mass is 16.5.